The molecule has 6 nitrogen and oxygen atoms in total. The van der Waals surface area contributed by atoms with E-state index in [1.165, 1.54) is 0 Å². The first-order valence-corrected chi connectivity index (χ1v) is 7.85. The molecule has 0 heterocycles. The third kappa shape index (κ3) is 30.9. The Labute approximate surface area is 156 Å². The van der Waals surface area contributed by atoms with Gasteiger partial charge in [0.05, 0.1) is 6.61 Å². The number of unbranched alkanes of at least 4 members (excludes halogenated alkanes) is 3. The van der Waals surface area contributed by atoms with Gasteiger partial charge in [-0.1, -0.05) is 26.2 Å². The van der Waals surface area contributed by atoms with Gasteiger partial charge in [-0.05, 0) is 13.3 Å². The van der Waals surface area contributed by atoms with Crippen molar-refractivity contribution in [3.63, 3.8) is 0 Å². The summed E-state index contributed by atoms with van der Waals surface area (Å²) in [5.74, 6) is 0. The van der Waals surface area contributed by atoms with Crippen molar-refractivity contribution in [3.8, 4) is 0 Å². The second-order valence-corrected chi connectivity index (χ2v) is 5.43. The molecule has 0 aliphatic heterocycles. The predicted octanol–water partition coefficient (Wildman–Crippen LogP) is -4.21. The Balaban J connectivity index is -0.000000143. The van der Waals surface area contributed by atoms with E-state index in [9.17, 15) is 4.57 Å². The summed E-state index contributed by atoms with van der Waals surface area (Å²) in [5.41, 5.74) is 0. The standard InChI is InChI=1S/C8H19O3P.2Na.H2O3S/c1-3-5-6-7-8-12(9,10)11-4-2;;;1-4(2)3/h3-8H2,1-2H3,(H,9,10);;;(H2,1,2,3)/q;2*+1;/p-2. The van der Waals surface area contributed by atoms with E-state index in [-0.39, 0.29) is 59.1 Å². The maximum Gasteiger partial charge on any atom is 1.00 e. The first-order chi connectivity index (χ1) is 7.35. The van der Waals surface area contributed by atoms with Gasteiger partial charge in [0.15, 0.2) is 0 Å². The Morgan fingerprint density at radius 3 is 1.94 bits per heavy atom. The minimum Gasteiger partial charge on any atom is -0.784 e. The molecule has 0 aromatic carbocycles. The third-order valence-corrected chi connectivity index (χ3v) is 3.17. The molecule has 1 atom stereocenters. The van der Waals surface area contributed by atoms with E-state index in [1.807, 2.05) is 0 Å². The number of rotatable bonds is 7. The molecule has 1 N–H and O–H groups in total. The van der Waals surface area contributed by atoms with Crippen LogP contribution in [0.15, 0.2) is 0 Å². The maximum absolute atomic E-state index is 11.1. The molecule has 10 heteroatoms. The molecule has 0 fully saturated rings. The van der Waals surface area contributed by atoms with Crippen molar-refractivity contribution in [1.82, 2.24) is 0 Å². The van der Waals surface area contributed by atoms with Gasteiger partial charge in [0.1, 0.15) is 0 Å². The quantitative estimate of drug-likeness (QED) is 0.220. The van der Waals surface area contributed by atoms with Gasteiger partial charge in [-0.25, -0.2) is 0 Å². The monoisotopic (exact) mass is 320 g/mol. The van der Waals surface area contributed by atoms with Gasteiger partial charge in [0, 0.05) is 6.16 Å². The van der Waals surface area contributed by atoms with E-state index in [1.54, 1.807) is 6.92 Å². The van der Waals surface area contributed by atoms with Gasteiger partial charge in [-0.3, -0.25) is 8.77 Å². The minimum absolute atomic E-state index is 0. The molecule has 0 saturated carbocycles. The van der Waals surface area contributed by atoms with Gasteiger partial charge < -0.3 is 18.5 Å². The van der Waals surface area contributed by atoms with E-state index < -0.39 is 19.0 Å². The van der Waals surface area contributed by atoms with Gasteiger partial charge in [0.2, 0.25) is 0 Å². The van der Waals surface area contributed by atoms with E-state index >= 15 is 0 Å². The maximum atomic E-state index is 11.1. The molecule has 0 amide bonds. The van der Waals surface area contributed by atoms with Crippen LogP contribution in [0.5, 0.6) is 0 Å². The molecule has 18 heavy (non-hydrogen) atoms. The molecular formula is C8H19Na2O6PS. The minimum atomic E-state index is -3.23. The van der Waals surface area contributed by atoms with Gasteiger partial charge in [0.25, 0.3) is 0 Å². The SMILES string of the molecule is CCCCCCP(=O)(O)OCC.O=S([O-])[O-].[Na+].[Na+]. The summed E-state index contributed by atoms with van der Waals surface area (Å²) in [6, 6.07) is 0. The van der Waals surface area contributed by atoms with Crippen molar-refractivity contribution in [3.05, 3.63) is 0 Å². The fourth-order valence-electron chi connectivity index (χ4n) is 1.00. The summed E-state index contributed by atoms with van der Waals surface area (Å²) in [6.45, 7) is 4.16. The van der Waals surface area contributed by atoms with Crippen molar-refractivity contribution in [1.29, 1.82) is 0 Å². The molecule has 0 radical (unpaired) electrons. The zero-order chi connectivity index (χ0) is 13.0. The van der Waals surface area contributed by atoms with Crippen LogP contribution >= 0.6 is 7.60 Å². The van der Waals surface area contributed by atoms with Crippen LogP contribution < -0.4 is 59.1 Å². The van der Waals surface area contributed by atoms with E-state index in [0.29, 0.717) is 12.8 Å². The van der Waals surface area contributed by atoms with Crippen LogP contribution in [0.4, 0.5) is 0 Å². The molecule has 0 bridgehead atoms. The summed E-state index contributed by atoms with van der Waals surface area (Å²) in [7, 11) is -3.23. The topological polar surface area (TPSA) is 110 Å². The van der Waals surface area contributed by atoms with Crippen LogP contribution in [0, 0.1) is 0 Å². The molecule has 0 aliphatic rings. The van der Waals surface area contributed by atoms with Crippen LogP contribution in [0.1, 0.15) is 39.5 Å². The Morgan fingerprint density at radius 1 is 1.17 bits per heavy atom. The largest absolute Gasteiger partial charge is 1.00 e. The summed E-state index contributed by atoms with van der Waals surface area (Å²) >= 11 is -3.11. The van der Waals surface area contributed by atoms with Crippen molar-refractivity contribution in [2.45, 2.75) is 39.5 Å². The summed E-state index contributed by atoms with van der Waals surface area (Å²) in [6.07, 6.45) is 4.40. The van der Waals surface area contributed by atoms with Gasteiger partial charge in [-0.2, -0.15) is 0 Å². The van der Waals surface area contributed by atoms with E-state index in [0.717, 1.165) is 25.7 Å². The van der Waals surface area contributed by atoms with Crippen molar-refractivity contribution < 1.29 is 86.4 Å². The molecule has 0 aromatic rings. The fraction of sp³-hybridized carbons (Fsp3) is 1.00. The number of hydrogen-bond acceptors (Lipinski definition) is 5. The Hall–Kier alpha value is 2.22. The molecule has 0 aromatic heterocycles. The normalized spacial score (nSPS) is 12.6. The second-order valence-electron chi connectivity index (χ2n) is 3.04. The van der Waals surface area contributed by atoms with Crippen LogP contribution in [-0.2, 0) is 20.5 Å². The zero-order valence-corrected chi connectivity index (χ0v) is 17.3. The van der Waals surface area contributed by atoms with Gasteiger partial charge >= 0.3 is 66.7 Å². The summed E-state index contributed by atoms with van der Waals surface area (Å²) < 4.78 is 41.2. The third-order valence-electron chi connectivity index (χ3n) is 1.63. The van der Waals surface area contributed by atoms with Crippen molar-refractivity contribution in [2.75, 3.05) is 12.8 Å². The van der Waals surface area contributed by atoms with Crippen molar-refractivity contribution >= 4 is 19.0 Å². The van der Waals surface area contributed by atoms with Crippen molar-refractivity contribution in [2.24, 2.45) is 0 Å². The first kappa shape index (κ1) is 28.4. The second kappa shape index (κ2) is 19.2. The van der Waals surface area contributed by atoms with Crippen LogP contribution in [0.2, 0.25) is 0 Å². The van der Waals surface area contributed by atoms with Crippen LogP contribution in [0.3, 0.4) is 0 Å². The molecule has 0 rings (SSSR count). The molecule has 100 valence electrons. The fourth-order valence-corrected chi connectivity index (χ4v) is 2.16. The van der Waals surface area contributed by atoms with Crippen LogP contribution in [-0.4, -0.2) is 31.0 Å². The average molecular weight is 320 g/mol. The molecule has 0 spiro atoms. The Morgan fingerprint density at radius 2 is 1.61 bits per heavy atom. The molecular weight excluding hydrogens is 301 g/mol. The van der Waals surface area contributed by atoms with Crippen LogP contribution in [0.25, 0.3) is 0 Å². The average Bonchev–Trinajstić information content (AvgIpc) is 2.11. The molecule has 0 aliphatic carbocycles. The van der Waals surface area contributed by atoms with E-state index in [4.69, 9.17) is 22.7 Å². The number of hydrogen-bond donors (Lipinski definition) is 1. The Kier molecular flexibility index (Phi) is 30.3. The first-order valence-electron chi connectivity index (χ1n) is 5.08. The summed E-state index contributed by atoms with van der Waals surface area (Å²) in [5, 5.41) is 0. The molecule has 0 saturated heterocycles. The van der Waals surface area contributed by atoms with E-state index in [2.05, 4.69) is 6.92 Å². The predicted molar refractivity (Wildman–Crippen MR) is 60.2 cm³/mol. The zero-order valence-electron chi connectivity index (χ0n) is 11.6. The molecule has 1 unspecified atom stereocenters. The Bertz CT molecular complexity index is 228. The summed E-state index contributed by atoms with van der Waals surface area (Å²) in [4.78, 5) is 9.15. The smallest absolute Gasteiger partial charge is 0.784 e. The van der Waals surface area contributed by atoms with Gasteiger partial charge in [-0.15, -0.1) is 11.4 Å².